The van der Waals surface area contributed by atoms with Crippen molar-refractivity contribution in [1.82, 2.24) is 10.2 Å². The van der Waals surface area contributed by atoms with E-state index in [4.69, 9.17) is 5.73 Å². The van der Waals surface area contributed by atoms with E-state index in [-0.39, 0.29) is 31.2 Å². The zero-order valence-corrected chi connectivity index (χ0v) is 14.9. The lowest BCUT2D eigenvalue weighted by Gasteiger charge is -2.30. The molecule has 1 aromatic carbocycles. The minimum Gasteiger partial charge on any atom is -0.369 e. The molecule has 26 heavy (non-hydrogen) atoms. The van der Waals surface area contributed by atoms with Gasteiger partial charge in [0.25, 0.3) is 0 Å². The molecule has 1 aromatic rings. The van der Waals surface area contributed by atoms with Crippen molar-refractivity contribution in [3.05, 3.63) is 42.1 Å². The first-order chi connectivity index (χ1) is 12.4. The number of Topliss-reactive ketones (excluding diaryl/α,β-unsaturated/α-hetero) is 1. The van der Waals surface area contributed by atoms with Gasteiger partial charge in [-0.15, -0.1) is 0 Å². The number of hydrogen-bond acceptors (Lipinski definition) is 4. The molecule has 0 spiro atoms. The molecule has 1 radical (unpaired) electrons. The van der Waals surface area contributed by atoms with Gasteiger partial charge in [0.15, 0.2) is 5.78 Å². The highest BCUT2D eigenvalue weighted by molar-refractivity contribution is 5.93. The van der Waals surface area contributed by atoms with Crippen LogP contribution >= 0.6 is 0 Å². The van der Waals surface area contributed by atoms with Gasteiger partial charge in [0.2, 0.25) is 11.8 Å². The lowest BCUT2D eigenvalue weighted by molar-refractivity contribution is -0.137. The number of halogens is 1. The molecular formula is C19H25FN3O3. The van der Waals surface area contributed by atoms with Crippen molar-refractivity contribution in [1.29, 1.82) is 0 Å². The highest BCUT2D eigenvalue weighted by Crippen LogP contribution is 2.19. The number of nitrogens with zero attached hydrogens (tertiary/aromatic N) is 1. The smallest absolute Gasteiger partial charge is 0.227 e. The Labute approximate surface area is 152 Å². The molecule has 1 heterocycles. The Balaban J connectivity index is 2.19. The Morgan fingerprint density at radius 1 is 1.42 bits per heavy atom. The van der Waals surface area contributed by atoms with Crippen LogP contribution in [0.4, 0.5) is 4.39 Å². The summed E-state index contributed by atoms with van der Waals surface area (Å²) in [7, 11) is 0. The highest BCUT2D eigenvalue weighted by Gasteiger charge is 2.31. The summed E-state index contributed by atoms with van der Waals surface area (Å²) < 4.78 is 14.1. The average Bonchev–Trinajstić information content (AvgIpc) is 2.83. The van der Waals surface area contributed by atoms with Crippen molar-refractivity contribution in [3.8, 4) is 0 Å². The number of carbonyl (C=O) groups is 3. The maximum absolute atomic E-state index is 14.1. The van der Waals surface area contributed by atoms with Gasteiger partial charge in [-0.25, -0.2) is 4.39 Å². The molecule has 1 unspecified atom stereocenters. The molecule has 1 aliphatic rings. The fraction of sp³-hybridized carbons (Fsp3) is 0.474. The van der Waals surface area contributed by atoms with Crippen LogP contribution in [0.1, 0.15) is 31.7 Å². The first kappa shape index (κ1) is 20.0. The molecule has 0 aliphatic carbocycles. The first-order valence-electron chi connectivity index (χ1n) is 8.80. The number of nitrogens with two attached hydrogens (primary N) is 1. The zero-order chi connectivity index (χ0) is 19.1. The molecule has 0 saturated carbocycles. The van der Waals surface area contributed by atoms with Gasteiger partial charge in [0, 0.05) is 18.0 Å². The second kappa shape index (κ2) is 9.43. The predicted octanol–water partition coefficient (Wildman–Crippen LogP) is 1.19. The molecule has 141 valence electrons. The second-order valence-electron chi connectivity index (χ2n) is 6.60. The van der Waals surface area contributed by atoms with Crippen LogP contribution in [-0.2, 0) is 20.9 Å². The Morgan fingerprint density at radius 3 is 2.85 bits per heavy atom. The summed E-state index contributed by atoms with van der Waals surface area (Å²) in [6, 6.07) is 5.58. The molecule has 3 N–H and O–H groups in total. The lowest BCUT2D eigenvalue weighted by atomic mass is 10.0. The molecule has 1 aliphatic heterocycles. The van der Waals surface area contributed by atoms with Gasteiger partial charge >= 0.3 is 0 Å². The number of carbonyl (C=O) groups excluding carboxylic acids is 3. The third kappa shape index (κ3) is 5.36. The van der Waals surface area contributed by atoms with Crippen LogP contribution in [-0.4, -0.2) is 41.6 Å². The van der Waals surface area contributed by atoms with Crippen molar-refractivity contribution in [2.45, 2.75) is 38.8 Å². The van der Waals surface area contributed by atoms with E-state index >= 15 is 0 Å². The van der Waals surface area contributed by atoms with Crippen molar-refractivity contribution in [2.75, 3.05) is 13.1 Å². The van der Waals surface area contributed by atoms with Crippen LogP contribution in [0.2, 0.25) is 0 Å². The summed E-state index contributed by atoms with van der Waals surface area (Å²) in [6.07, 6.45) is 2.81. The van der Waals surface area contributed by atoms with Gasteiger partial charge in [-0.1, -0.05) is 25.1 Å². The predicted molar refractivity (Wildman–Crippen MR) is 95.1 cm³/mol. The summed E-state index contributed by atoms with van der Waals surface area (Å²) in [6.45, 7) is 2.52. The van der Waals surface area contributed by atoms with Crippen LogP contribution in [0.5, 0.6) is 0 Å². The molecule has 0 aromatic heterocycles. The van der Waals surface area contributed by atoms with E-state index in [0.717, 1.165) is 6.42 Å². The largest absolute Gasteiger partial charge is 0.369 e. The van der Waals surface area contributed by atoms with Gasteiger partial charge in [-0.3, -0.25) is 14.4 Å². The number of hydrogen-bond donors (Lipinski definition) is 2. The fourth-order valence-electron chi connectivity index (χ4n) is 2.90. The van der Waals surface area contributed by atoms with Gasteiger partial charge in [-0.2, -0.15) is 0 Å². The zero-order valence-electron chi connectivity index (χ0n) is 14.9. The summed E-state index contributed by atoms with van der Waals surface area (Å²) in [5.74, 6) is -1.88. The SMILES string of the molecule is CC(C[CH]C(=O)N(Cc1ccccc1F)[C@H]1CCCNCC1=O)C(N)=O. The number of benzene rings is 1. The van der Waals surface area contributed by atoms with Crippen molar-refractivity contribution in [2.24, 2.45) is 11.7 Å². The van der Waals surface area contributed by atoms with E-state index in [1.54, 1.807) is 25.1 Å². The van der Waals surface area contributed by atoms with Crippen LogP contribution < -0.4 is 11.1 Å². The van der Waals surface area contributed by atoms with E-state index in [0.29, 0.717) is 18.5 Å². The maximum Gasteiger partial charge on any atom is 0.227 e. The van der Waals surface area contributed by atoms with E-state index in [1.165, 1.54) is 17.4 Å². The quantitative estimate of drug-likeness (QED) is 0.762. The minimum atomic E-state index is -0.614. The van der Waals surface area contributed by atoms with Gasteiger partial charge in [0.1, 0.15) is 5.82 Å². The minimum absolute atomic E-state index is 0.00334. The Kier molecular flexibility index (Phi) is 7.26. The monoisotopic (exact) mass is 362 g/mol. The Hall–Kier alpha value is -2.28. The van der Waals surface area contributed by atoms with E-state index in [1.807, 2.05) is 0 Å². The van der Waals surface area contributed by atoms with Crippen LogP contribution in [0.3, 0.4) is 0 Å². The number of primary amides is 1. The van der Waals surface area contributed by atoms with Gasteiger partial charge < -0.3 is 16.0 Å². The molecule has 2 atom stereocenters. The maximum atomic E-state index is 14.1. The summed E-state index contributed by atoms with van der Waals surface area (Å²) in [4.78, 5) is 37.8. The third-order valence-corrected chi connectivity index (χ3v) is 4.59. The van der Waals surface area contributed by atoms with E-state index in [9.17, 15) is 18.8 Å². The number of rotatable bonds is 7. The summed E-state index contributed by atoms with van der Waals surface area (Å²) in [5, 5.41) is 3.03. The molecular weight excluding hydrogens is 337 g/mol. The number of amides is 2. The topological polar surface area (TPSA) is 92.5 Å². The number of ketones is 1. The molecule has 7 heteroatoms. The average molecular weight is 362 g/mol. The Bertz CT molecular complexity index is 665. The molecule has 2 amide bonds. The molecule has 1 fully saturated rings. The lowest BCUT2D eigenvalue weighted by Crippen LogP contribution is -2.46. The molecule has 6 nitrogen and oxygen atoms in total. The fourth-order valence-corrected chi connectivity index (χ4v) is 2.90. The molecule has 0 bridgehead atoms. The van der Waals surface area contributed by atoms with Crippen LogP contribution in [0.15, 0.2) is 24.3 Å². The second-order valence-corrected chi connectivity index (χ2v) is 6.60. The van der Waals surface area contributed by atoms with E-state index < -0.39 is 23.7 Å². The highest BCUT2D eigenvalue weighted by atomic mass is 19.1. The van der Waals surface area contributed by atoms with Crippen molar-refractivity contribution in [3.63, 3.8) is 0 Å². The molecule has 1 saturated heterocycles. The van der Waals surface area contributed by atoms with E-state index in [2.05, 4.69) is 5.32 Å². The van der Waals surface area contributed by atoms with Gasteiger partial charge in [-0.05, 0) is 31.9 Å². The molecule has 2 rings (SSSR count). The normalized spacial score (nSPS) is 18.8. The van der Waals surface area contributed by atoms with Crippen molar-refractivity contribution < 1.29 is 18.8 Å². The summed E-state index contributed by atoms with van der Waals surface area (Å²) >= 11 is 0. The Morgan fingerprint density at radius 2 is 2.15 bits per heavy atom. The van der Waals surface area contributed by atoms with Gasteiger partial charge in [0.05, 0.1) is 19.0 Å². The number of nitrogens with one attached hydrogen (secondary N) is 1. The van der Waals surface area contributed by atoms with Crippen LogP contribution in [0, 0.1) is 18.2 Å². The van der Waals surface area contributed by atoms with Crippen LogP contribution in [0.25, 0.3) is 0 Å². The first-order valence-corrected chi connectivity index (χ1v) is 8.80. The summed E-state index contributed by atoms with van der Waals surface area (Å²) in [5.41, 5.74) is 5.58. The van der Waals surface area contributed by atoms with Crippen molar-refractivity contribution >= 4 is 17.6 Å². The third-order valence-electron chi connectivity index (χ3n) is 4.59. The standard InChI is InChI=1S/C19H25FN3O3/c1-13(19(21)26)8-9-18(25)23(12-14-5-2-3-6-15(14)20)16-7-4-10-22-11-17(16)24/h2-3,5-6,9,13,16,22H,4,7-8,10-12H2,1H3,(H2,21,26)/t13?,16-/m0/s1.